The summed E-state index contributed by atoms with van der Waals surface area (Å²) in [6, 6.07) is 16.9. The fraction of sp³-hybridized carbons (Fsp3) is 0.208. The fourth-order valence-corrected chi connectivity index (χ4v) is 4.36. The summed E-state index contributed by atoms with van der Waals surface area (Å²) in [4.78, 5) is 39.0. The summed E-state index contributed by atoms with van der Waals surface area (Å²) in [6.45, 7) is 1.56. The SMILES string of the molecule is Cc1c(NC(=O)COC(=O)[C@H]2CC(=O)N(c3cccc4ccccc34)C2)ccc(Br)c1Cl. The van der Waals surface area contributed by atoms with Crippen LogP contribution in [0.3, 0.4) is 0 Å². The third-order valence-corrected chi connectivity index (χ3v) is 6.85. The Morgan fingerprint density at radius 3 is 2.72 bits per heavy atom. The molecule has 32 heavy (non-hydrogen) atoms. The lowest BCUT2D eigenvalue weighted by Crippen LogP contribution is -2.28. The molecule has 0 bridgehead atoms. The van der Waals surface area contributed by atoms with Gasteiger partial charge in [-0.3, -0.25) is 14.4 Å². The Labute approximate surface area is 198 Å². The minimum Gasteiger partial charge on any atom is -0.455 e. The van der Waals surface area contributed by atoms with Crippen LogP contribution >= 0.6 is 27.5 Å². The molecule has 1 N–H and O–H groups in total. The normalized spacial score (nSPS) is 15.8. The maximum absolute atomic E-state index is 12.6. The van der Waals surface area contributed by atoms with Crippen LogP contribution in [0.2, 0.25) is 5.02 Å². The van der Waals surface area contributed by atoms with Gasteiger partial charge in [0.15, 0.2) is 6.61 Å². The van der Waals surface area contributed by atoms with Gasteiger partial charge in [-0.25, -0.2) is 0 Å². The molecule has 0 radical (unpaired) electrons. The first-order valence-corrected chi connectivity index (χ1v) is 11.2. The van der Waals surface area contributed by atoms with Gasteiger partial charge in [-0.05, 0) is 52.0 Å². The van der Waals surface area contributed by atoms with Crippen LogP contribution in [0.5, 0.6) is 0 Å². The van der Waals surface area contributed by atoms with Crippen LogP contribution in [0.4, 0.5) is 11.4 Å². The second-order valence-corrected chi connectivity index (χ2v) is 8.83. The summed E-state index contributed by atoms with van der Waals surface area (Å²) in [5.74, 6) is -1.82. The topological polar surface area (TPSA) is 75.7 Å². The molecular formula is C24H20BrClN2O4. The van der Waals surface area contributed by atoms with Crippen molar-refractivity contribution >= 4 is 67.5 Å². The number of benzene rings is 3. The molecule has 4 rings (SSSR count). The second-order valence-electron chi connectivity index (χ2n) is 7.59. The first-order chi connectivity index (χ1) is 15.3. The Balaban J connectivity index is 1.38. The molecule has 1 saturated heterocycles. The third-order valence-electron chi connectivity index (χ3n) is 5.47. The number of amides is 2. The van der Waals surface area contributed by atoms with Crippen LogP contribution in [0, 0.1) is 12.8 Å². The Kier molecular flexibility index (Phi) is 6.48. The van der Waals surface area contributed by atoms with Crippen molar-refractivity contribution in [2.75, 3.05) is 23.4 Å². The predicted octanol–water partition coefficient (Wildman–Crippen LogP) is 5.10. The Bertz CT molecular complexity index is 1220. The summed E-state index contributed by atoms with van der Waals surface area (Å²) < 4.78 is 5.93. The molecule has 6 nitrogen and oxygen atoms in total. The summed E-state index contributed by atoms with van der Waals surface area (Å²) in [7, 11) is 0. The van der Waals surface area contributed by atoms with Crippen molar-refractivity contribution in [3.8, 4) is 0 Å². The van der Waals surface area contributed by atoms with E-state index < -0.39 is 24.4 Å². The highest BCUT2D eigenvalue weighted by Gasteiger charge is 2.37. The Morgan fingerprint density at radius 2 is 1.91 bits per heavy atom. The van der Waals surface area contributed by atoms with Gasteiger partial charge in [-0.2, -0.15) is 0 Å². The molecule has 1 fully saturated rings. The Morgan fingerprint density at radius 1 is 1.16 bits per heavy atom. The standard InChI is InChI=1S/C24H20BrClN2O4/c1-14-19(10-9-18(25)23(14)26)27-21(29)13-32-24(31)16-11-22(30)28(12-16)20-8-4-6-15-5-2-3-7-17(15)20/h2-10,16H,11-13H2,1H3,(H,27,29)/t16-/m0/s1. The number of nitrogens with zero attached hydrogens (tertiary/aromatic N) is 1. The summed E-state index contributed by atoms with van der Waals surface area (Å²) >= 11 is 9.50. The first-order valence-electron chi connectivity index (χ1n) is 10.0. The summed E-state index contributed by atoms with van der Waals surface area (Å²) in [5.41, 5.74) is 2.01. The number of ether oxygens (including phenoxy) is 1. The first kappa shape index (κ1) is 22.3. The predicted molar refractivity (Wildman–Crippen MR) is 128 cm³/mol. The quantitative estimate of drug-likeness (QED) is 0.480. The van der Waals surface area contributed by atoms with Crippen molar-refractivity contribution in [3.63, 3.8) is 0 Å². The highest BCUT2D eigenvalue weighted by Crippen LogP contribution is 2.33. The van der Waals surface area contributed by atoms with Gasteiger partial charge in [0.2, 0.25) is 5.91 Å². The van der Waals surface area contributed by atoms with Crippen molar-refractivity contribution in [2.45, 2.75) is 13.3 Å². The molecule has 0 aliphatic carbocycles. The lowest BCUT2D eigenvalue weighted by molar-refractivity contribution is -0.151. The smallest absolute Gasteiger partial charge is 0.311 e. The average molecular weight is 516 g/mol. The van der Waals surface area contributed by atoms with E-state index >= 15 is 0 Å². The van der Waals surface area contributed by atoms with Crippen LogP contribution in [0.25, 0.3) is 10.8 Å². The van der Waals surface area contributed by atoms with E-state index in [1.807, 2.05) is 42.5 Å². The molecular weight excluding hydrogens is 496 g/mol. The molecule has 3 aromatic rings. The van der Waals surface area contributed by atoms with Gasteiger partial charge in [0.25, 0.3) is 5.91 Å². The van der Waals surface area contributed by atoms with Gasteiger partial charge in [-0.15, -0.1) is 0 Å². The lowest BCUT2D eigenvalue weighted by Gasteiger charge is -2.19. The van der Waals surface area contributed by atoms with E-state index in [0.717, 1.165) is 20.9 Å². The molecule has 164 valence electrons. The summed E-state index contributed by atoms with van der Waals surface area (Å²) in [5, 5.41) is 5.15. The molecule has 3 aromatic carbocycles. The minimum atomic E-state index is -0.627. The molecule has 0 spiro atoms. The number of hydrogen-bond acceptors (Lipinski definition) is 4. The largest absolute Gasteiger partial charge is 0.455 e. The van der Waals surface area contributed by atoms with E-state index in [4.69, 9.17) is 16.3 Å². The average Bonchev–Trinajstić information content (AvgIpc) is 3.19. The fourth-order valence-electron chi connectivity index (χ4n) is 3.77. The number of esters is 1. The zero-order valence-corrected chi connectivity index (χ0v) is 19.6. The van der Waals surface area contributed by atoms with Crippen molar-refractivity contribution in [2.24, 2.45) is 5.92 Å². The number of halogens is 2. The van der Waals surface area contributed by atoms with Crippen LogP contribution in [0.1, 0.15) is 12.0 Å². The highest BCUT2D eigenvalue weighted by atomic mass is 79.9. The zero-order valence-electron chi connectivity index (χ0n) is 17.2. The van der Waals surface area contributed by atoms with Crippen LogP contribution in [-0.2, 0) is 19.1 Å². The van der Waals surface area contributed by atoms with Gasteiger partial charge in [0.05, 0.1) is 16.6 Å². The number of carbonyl (C=O) groups is 3. The van der Waals surface area contributed by atoms with Crippen LogP contribution < -0.4 is 10.2 Å². The maximum Gasteiger partial charge on any atom is 0.311 e. The second kappa shape index (κ2) is 9.30. The van der Waals surface area contributed by atoms with Gasteiger partial charge >= 0.3 is 5.97 Å². The minimum absolute atomic E-state index is 0.0467. The van der Waals surface area contributed by atoms with E-state index in [9.17, 15) is 14.4 Å². The highest BCUT2D eigenvalue weighted by molar-refractivity contribution is 9.10. The van der Waals surface area contributed by atoms with Gasteiger partial charge in [-0.1, -0.05) is 48.0 Å². The molecule has 0 aromatic heterocycles. The zero-order chi connectivity index (χ0) is 22.8. The number of nitrogens with one attached hydrogen (secondary N) is 1. The van der Waals surface area contributed by atoms with Crippen molar-refractivity contribution in [1.29, 1.82) is 0 Å². The van der Waals surface area contributed by atoms with Crippen molar-refractivity contribution in [3.05, 3.63) is 69.7 Å². The Hall–Kier alpha value is -2.90. The molecule has 1 aliphatic heterocycles. The van der Waals surface area contributed by atoms with Crippen LogP contribution in [-0.4, -0.2) is 30.9 Å². The summed E-state index contributed by atoms with van der Waals surface area (Å²) in [6.07, 6.45) is 0.0467. The number of carbonyl (C=O) groups excluding carboxylic acids is 3. The number of hydrogen-bond donors (Lipinski definition) is 1. The van der Waals surface area contributed by atoms with E-state index in [2.05, 4.69) is 21.2 Å². The monoisotopic (exact) mass is 514 g/mol. The third kappa shape index (κ3) is 4.49. The van der Waals surface area contributed by atoms with E-state index in [0.29, 0.717) is 16.3 Å². The molecule has 8 heteroatoms. The van der Waals surface area contributed by atoms with Gasteiger partial charge < -0.3 is 15.0 Å². The van der Waals surface area contributed by atoms with Crippen molar-refractivity contribution < 1.29 is 19.1 Å². The molecule has 0 saturated carbocycles. The van der Waals surface area contributed by atoms with E-state index in [-0.39, 0.29) is 18.9 Å². The molecule has 2 amide bonds. The van der Waals surface area contributed by atoms with E-state index in [1.54, 1.807) is 24.0 Å². The molecule has 1 heterocycles. The lowest BCUT2D eigenvalue weighted by atomic mass is 10.1. The van der Waals surface area contributed by atoms with Gasteiger partial charge in [0.1, 0.15) is 0 Å². The number of fused-ring (bicyclic) bond motifs is 1. The molecule has 0 unspecified atom stereocenters. The van der Waals surface area contributed by atoms with Crippen molar-refractivity contribution in [1.82, 2.24) is 0 Å². The van der Waals surface area contributed by atoms with Crippen LogP contribution in [0.15, 0.2) is 59.1 Å². The molecule has 1 atom stereocenters. The molecule has 1 aliphatic rings. The maximum atomic E-state index is 12.6. The van der Waals surface area contributed by atoms with Gasteiger partial charge in [0, 0.05) is 28.5 Å². The number of rotatable bonds is 5. The van der Waals surface area contributed by atoms with E-state index in [1.165, 1.54) is 0 Å². The number of anilines is 2.